The number of fused-ring (bicyclic) bond motifs is 2. The molecule has 1 fully saturated rings. The second kappa shape index (κ2) is 8.12. The van der Waals surface area contributed by atoms with Gasteiger partial charge in [-0.2, -0.15) is 10.4 Å². The van der Waals surface area contributed by atoms with E-state index in [1.807, 2.05) is 18.0 Å². The molecule has 1 aliphatic heterocycles. The van der Waals surface area contributed by atoms with Crippen LogP contribution in [0.5, 0.6) is 0 Å². The summed E-state index contributed by atoms with van der Waals surface area (Å²) in [5.74, 6) is 0.187. The van der Waals surface area contributed by atoms with Crippen LogP contribution in [0.4, 0.5) is 10.2 Å². The number of nitrogens with one attached hydrogen (secondary N) is 1. The van der Waals surface area contributed by atoms with Crippen molar-refractivity contribution in [1.29, 1.82) is 5.26 Å². The molecule has 1 N–H and O–H groups in total. The topological polar surface area (TPSA) is 89.1 Å². The van der Waals surface area contributed by atoms with Gasteiger partial charge in [-0.05, 0) is 36.5 Å². The number of aromatic nitrogens is 5. The maximum atomic E-state index is 16.0. The van der Waals surface area contributed by atoms with E-state index in [-0.39, 0.29) is 11.7 Å². The Labute approximate surface area is 191 Å². The molecule has 0 unspecified atom stereocenters. The molecule has 0 aliphatic carbocycles. The SMILES string of the molecule is Cc1c(-c2[nH]c3cnc(N4CCN(CC#N)CC4)c(F)c3c2C(C)C)cn2ncnc2c1C. The zero-order valence-electron chi connectivity index (χ0n) is 19.4. The van der Waals surface area contributed by atoms with Crippen LogP contribution in [0.3, 0.4) is 0 Å². The van der Waals surface area contributed by atoms with E-state index < -0.39 is 0 Å². The second-order valence-electron chi connectivity index (χ2n) is 9.00. The molecule has 1 aliphatic rings. The molecule has 170 valence electrons. The maximum absolute atomic E-state index is 16.0. The Morgan fingerprint density at radius 1 is 1.15 bits per heavy atom. The molecule has 0 amide bonds. The Hall–Kier alpha value is -3.51. The van der Waals surface area contributed by atoms with Gasteiger partial charge in [-0.25, -0.2) is 18.9 Å². The fourth-order valence-electron chi connectivity index (χ4n) is 4.84. The minimum Gasteiger partial charge on any atom is -0.353 e. The second-order valence-corrected chi connectivity index (χ2v) is 9.00. The third kappa shape index (κ3) is 3.42. The average molecular weight is 447 g/mol. The Morgan fingerprint density at radius 2 is 1.91 bits per heavy atom. The van der Waals surface area contributed by atoms with E-state index in [1.54, 1.807) is 17.0 Å². The molecule has 0 radical (unpaired) electrons. The van der Waals surface area contributed by atoms with Crippen molar-refractivity contribution in [3.05, 3.63) is 41.2 Å². The van der Waals surface area contributed by atoms with Gasteiger partial charge in [-0.1, -0.05) is 13.8 Å². The van der Waals surface area contributed by atoms with Gasteiger partial charge in [0.2, 0.25) is 0 Å². The highest BCUT2D eigenvalue weighted by Crippen LogP contribution is 2.40. The number of pyridine rings is 2. The fraction of sp³-hybridized carbons (Fsp3) is 0.417. The van der Waals surface area contributed by atoms with Crippen molar-refractivity contribution in [3.8, 4) is 17.3 Å². The molecule has 5 heterocycles. The highest BCUT2D eigenvalue weighted by atomic mass is 19.1. The molecule has 8 nitrogen and oxygen atoms in total. The third-order valence-electron chi connectivity index (χ3n) is 6.74. The zero-order valence-corrected chi connectivity index (χ0v) is 19.4. The lowest BCUT2D eigenvalue weighted by molar-refractivity contribution is 0.285. The summed E-state index contributed by atoms with van der Waals surface area (Å²) in [7, 11) is 0. The number of aryl methyl sites for hydroxylation is 1. The van der Waals surface area contributed by atoms with E-state index in [9.17, 15) is 0 Å². The predicted octanol–water partition coefficient (Wildman–Crippen LogP) is 3.80. The molecule has 4 aromatic rings. The molecule has 33 heavy (non-hydrogen) atoms. The van der Waals surface area contributed by atoms with Gasteiger partial charge < -0.3 is 9.88 Å². The first kappa shape index (κ1) is 21.3. The van der Waals surface area contributed by atoms with Gasteiger partial charge in [0.15, 0.2) is 17.3 Å². The molecule has 9 heteroatoms. The predicted molar refractivity (Wildman–Crippen MR) is 126 cm³/mol. The van der Waals surface area contributed by atoms with Crippen molar-refractivity contribution in [2.24, 2.45) is 0 Å². The van der Waals surface area contributed by atoms with E-state index in [0.717, 1.165) is 46.7 Å². The maximum Gasteiger partial charge on any atom is 0.175 e. The number of hydrogen-bond acceptors (Lipinski definition) is 6. The van der Waals surface area contributed by atoms with E-state index in [4.69, 9.17) is 5.26 Å². The van der Waals surface area contributed by atoms with E-state index in [0.29, 0.717) is 36.4 Å². The lowest BCUT2D eigenvalue weighted by Crippen LogP contribution is -2.47. The van der Waals surface area contributed by atoms with Crippen LogP contribution in [0.2, 0.25) is 0 Å². The van der Waals surface area contributed by atoms with Crippen LogP contribution in [0.25, 0.3) is 27.8 Å². The van der Waals surface area contributed by atoms with Crippen molar-refractivity contribution < 1.29 is 4.39 Å². The number of aromatic amines is 1. The largest absolute Gasteiger partial charge is 0.353 e. The van der Waals surface area contributed by atoms with Gasteiger partial charge in [0.05, 0.1) is 30.0 Å². The molecule has 0 saturated carbocycles. The minimum absolute atomic E-state index is 0.0946. The molecular weight excluding hydrogens is 419 g/mol. The first-order chi connectivity index (χ1) is 15.9. The highest BCUT2D eigenvalue weighted by molar-refractivity contribution is 5.94. The summed E-state index contributed by atoms with van der Waals surface area (Å²) in [6.07, 6.45) is 5.25. The third-order valence-corrected chi connectivity index (χ3v) is 6.74. The van der Waals surface area contributed by atoms with Crippen molar-refractivity contribution in [2.75, 3.05) is 37.6 Å². The number of halogens is 1. The number of piperazine rings is 1. The first-order valence-electron chi connectivity index (χ1n) is 11.2. The van der Waals surface area contributed by atoms with Crippen LogP contribution in [0, 0.1) is 31.0 Å². The summed E-state index contributed by atoms with van der Waals surface area (Å²) in [5.41, 5.74) is 6.47. The molecule has 0 aromatic carbocycles. The Morgan fingerprint density at radius 3 is 2.61 bits per heavy atom. The Bertz CT molecular complexity index is 1390. The lowest BCUT2D eigenvalue weighted by atomic mass is 9.94. The van der Waals surface area contributed by atoms with Gasteiger partial charge in [0, 0.05) is 43.3 Å². The number of nitriles is 1. The molecule has 1 saturated heterocycles. The summed E-state index contributed by atoms with van der Waals surface area (Å²) < 4.78 is 17.8. The monoisotopic (exact) mass is 446 g/mol. The number of anilines is 1. The van der Waals surface area contributed by atoms with Crippen molar-refractivity contribution >= 4 is 22.4 Å². The number of H-pyrrole nitrogens is 1. The van der Waals surface area contributed by atoms with Gasteiger partial charge in [-0.15, -0.1) is 0 Å². The van der Waals surface area contributed by atoms with E-state index in [1.165, 1.54) is 0 Å². The molecule has 5 rings (SSSR count). The fourth-order valence-corrected chi connectivity index (χ4v) is 4.84. The quantitative estimate of drug-likeness (QED) is 0.480. The van der Waals surface area contributed by atoms with Crippen LogP contribution < -0.4 is 4.90 Å². The van der Waals surface area contributed by atoms with E-state index >= 15 is 4.39 Å². The van der Waals surface area contributed by atoms with Crippen molar-refractivity contribution in [2.45, 2.75) is 33.6 Å². The highest BCUT2D eigenvalue weighted by Gasteiger charge is 2.27. The van der Waals surface area contributed by atoms with Crippen molar-refractivity contribution in [3.63, 3.8) is 0 Å². The van der Waals surface area contributed by atoms with Gasteiger partial charge in [-0.3, -0.25) is 4.90 Å². The average Bonchev–Trinajstić information content (AvgIpc) is 3.42. The summed E-state index contributed by atoms with van der Waals surface area (Å²) >= 11 is 0. The van der Waals surface area contributed by atoms with Gasteiger partial charge in [0.25, 0.3) is 0 Å². The minimum atomic E-state index is -0.288. The van der Waals surface area contributed by atoms with Crippen LogP contribution in [0.1, 0.15) is 36.5 Å². The van der Waals surface area contributed by atoms with Gasteiger partial charge >= 0.3 is 0 Å². The standard InChI is InChI=1S/C24H27FN8/c1-14(2)19-20-18(11-27-24(21(20)25)32-9-7-31(6-5-26)8-10-32)30-22(19)17-12-33-23(28-13-29-33)16(4)15(17)3/h11-14,30H,6-10H2,1-4H3. The number of rotatable bonds is 4. The molecule has 4 aromatic heterocycles. The molecule has 0 spiro atoms. The van der Waals surface area contributed by atoms with Crippen LogP contribution >= 0.6 is 0 Å². The molecule has 0 bridgehead atoms. The smallest absolute Gasteiger partial charge is 0.175 e. The summed E-state index contributed by atoms with van der Waals surface area (Å²) in [4.78, 5) is 16.4. The summed E-state index contributed by atoms with van der Waals surface area (Å²) in [5, 5.41) is 13.9. The number of hydrogen-bond donors (Lipinski definition) is 1. The van der Waals surface area contributed by atoms with Crippen LogP contribution in [0.15, 0.2) is 18.7 Å². The van der Waals surface area contributed by atoms with E-state index in [2.05, 4.69) is 51.8 Å². The lowest BCUT2D eigenvalue weighted by Gasteiger charge is -2.34. The normalized spacial score (nSPS) is 15.1. The van der Waals surface area contributed by atoms with Crippen LogP contribution in [-0.2, 0) is 0 Å². The molecular formula is C24H27FN8. The number of nitrogens with zero attached hydrogens (tertiary/aromatic N) is 7. The van der Waals surface area contributed by atoms with Crippen LogP contribution in [-0.4, -0.2) is 62.2 Å². The zero-order chi connectivity index (χ0) is 23.3. The van der Waals surface area contributed by atoms with Crippen molar-refractivity contribution in [1.82, 2.24) is 29.5 Å². The Kier molecular flexibility index (Phi) is 5.25. The molecule has 0 atom stereocenters. The summed E-state index contributed by atoms with van der Waals surface area (Å²) in [6.45, 7) is 11.4. The van der Waals surface area contributed by atoms with Gasteiger partial charge in [0.1, 0.15) is 6.33 Å². The first-order valence-corrected chi connectivity index (χ1v) is 11.2. The summed E-state index contributed by atoms with van der Waals surface area (Å²) in [6, 6.07) is 2.19. The Balaban J connectivity index is 1.64.